The summed E-state index contributed by atoms with van der Waals surface area (Å²) in [7, 11) is 0. The van der Waals surface area contributed by atoms with Gasteiger partial charge in [0, 0.05) is 5.02 Å². The second kappa shape index (κ2) is 11.4. The molecule has 0 spiro atoms. The number of para-hydroxylation sites is 1. The molecule has 1 heterocycles. The average molecular weight is 508 g/mol. The molecule has 0 radical (unpaired) electrons. The molecule has 0 fully saturated rings. The topological polar surface area (TPSA) is 71.1 Å². The van der Waals surface area contributed by atoms with Crippen LogP contribution in [-0.4, -0.2) is 36.6 Å². The molecule has 0 saturated carbocycles. The molecule has 4 rings (SSSR count). The summed E-state index contributed by atoms with van der Waals surface area (Å²) in [6.07, 6.45) is 0. The van der Waals surface area contributed by atoms with Crippen LogP contribution in [-0.2, 0) is 17.9 Å². The van der Waals surface area contributed by atoms with E-state index in [1.165, 1.54) is 4.90 Å². The molecule has 3 amide bonds. The number of carbonyl (C=O) groups is 2. The van der Waals surface area contributed by atoms with Crippen molar-refractivity contribution < 1.29 is 19.1 Å². The number of hydrogen-bond donors (Lipinski definition) is 1. The van der Waals surface area contributed by atoms with Crippen LogP contribution in [0.4, 0.5) is 16.2 Å². The fourth-order valence-electron chi connectivity index (χ4n) is 4.18. The van der Waals surface area contributed by atoms with Crippen LogP contribution in [0.25, 0.3) is 0 Å². The number of ether oxygens (including phenoxy) is 2. The smallest absolute Gasteiger partial charge is 0.325 e. The number of urea groups is 1. The highest BCUT2D eigenvalue weighted by Crippen LogP contribution is 2.35. The maximum atomic E-state index is 13.6. The van der Waals surface area contributed by atoms with Gasteiger partial charge in [-0.25, -0.2) is 4.79 Å². The number of benzene rings is 3. The number of nitrogens with one attached hydrogen (secondary N) is 1. The van der Waals surface area contributed by atoms with E-state index in [0.717, 1.165) is 22.4 Å². The van der Waals surface area contributed by atoms with Crippen molar-refractivity contribution in [2.45, 2.75) is 33.9 Å². The monoisotopic (exact) mass is 507 g/mol. The van der Waals surface area contributed by atoms with Crippen molar-refractivity contribution in [1.82, 2.24) is 4.90 Å². The van der Waals surface area contributed by atoms with E-state index in [4.69, 9.17) is 21.1 Å². The van der Waals surface area contributed by atoms with E-state index in [1.54, 1.807) is 23.1 Å². The largest absolute Gasteiger partial charge is 0.492 e. The molecular formula is C28H30ClN3O4. The fraction of sp³-hybridized carbons (Fsp3) is 0.286. The number of nitrogens with zero attached hydrogens (tertiary/aromatic N) is 2. The Labute approximate surface area is 216 Å². The summed E-state index contributed by atoms with van der Waals surface area (Å²) in [5.41, 5.74) is 4.27. The first kappa shape index (κ1) is 25.4. The van der Waals surface area contributed by atoms with Crippen molar-refractivity contribution in [3.63, 3.8) is 0 Å². The molecule has 36 heavy (non-hydrogen) atoms. The second-order valence-electron chi connectivity index (χ2n) is 8.53. The number of rotatable bonds is 9. The molecule has 0 atom stereocenters. The normalized spacial score (nSPS) is 12.8. The fourth-order valence-corrected chi connectivity index (χ4v) is 4.38. The summed E-state index contributed by atoms with van der Waals surface area (Å²) in [4.78, 5) is 29.9. The number of hydrogen-bond acceptors (Lipinski definition) is 4. The van der Waals surface area contributed by atoms with Gasteiger partial charge in [0.1, 0.15) is 23.7 Å². The first-order chi connectivity index (χ1) is 17.4. The van der Waals surface area contributed by atoms with Crippen LogP contribution in [0.5, 0.6) is 11.5 Å². The molecule has 3 aromatic rings. The molecular weight excluding hydrogens is 478 g/mol. The van der Waals surface area contributed by atoms with Crippen LogP contribution < -0.4 is 19.7 Å². The van der Waals surface area contributed by atoms with Crippen molar-refractivity contribution in [3.8, 4) is 11.5 Å². The summed E-state index contributed by atoms with van der Waals surface area (Å²) in [5, 5.41) is 3.47. The highest BCUT2D eigenvalue weighted by molar-refractivity contribution is 6.30. The first-order valence-corrected chi connectivity index (χ1v) is 12.4. The molecule has 0 aromatic heterocycles. The Morgan fingerprint density at radius 3 is 2.31 bits per heavy atom. The molecule has 0 bridgehead atoms. The van der Waals surface area contributed by atoms with Gasteiger partial charge >= 0.3 is 6.03 Å². The van der Waals surface area contributed by atoms with E-state index in [0.29, 0.717) is 42.0 Å². The Balaban J connectivity index is 1.58. The van der Waals surface area contributed by atoms with Crippen molar-refractivity contribution in [2.24, 2.45) is 0 Å². The number of amides is 3. The van der Waals surface area contributed by atoms with Crippen LogP contribution >= 0.6 is 11.6 Å². The zero-order valence-corrected chi connectivity index (χ0v) is 21.5. The van der Waals surface area contributed by atoms with Gasteiger partial charge in [0.15, 0.2) is 0 Å². The third-order valence-corrected chi connectivity index (χ3v) is 6.08. The predicted octanol–water partition coefficient (Wildman–Crippen LogP) is 6.03. The van der Waals surface area contributed by atoms with E-state index >= 15 is 0 Å². The standard InChI is InChI=1S/C28H30ClN3O4/c1-4-35-24-7-6-8-25(36-5-2)27(24)30-26(33)18-31-17-21-15-22(29)13-14-23(21)32(28(31)34)16-20-11-9-19(3)10-12-20/h6-15H,4-5,16-18H2,1-3H3,(H,30,33). The maximum Gasteiger partial charge on any atom is 0.325 e. The molecule has 1 N–H and O–H groups in total. The Morgan fingerprint density at radius 1 is 1.00 bits per heavy atom. The lowest BCUT2D eigenvalue weighted by Gasteiger charge is -2.37. The van der Waals surface area contributed by atoms with E-state index in [2.05, 4.69) is 5.32 Å². The lowest BCUT2D eigenvalue weighted by molar-refractivity contribution is -0.116. The lowest BCUT2D eigenvalue weighted by atomic mass is 10.1. The molecule has 0 aliphatic carbocycles. The number of carbonyl (C=O) groups excluding carboxylic acids is 2. The highest BCUT2D eigenvalue weighted by atomic mass is 35.5. The van der Waals surface area contributed by atoms with Crippen molar-refractivity contribution in [3.05, 3.63) is 82.4 Å². The molecule has 1 aliphatic heterocycles. The SMILES string of the molecule is CCOc1cccc(OCC)c1NC(=O)CN1Cc2cc(Cl)ccc2N(Cc2ccc(C)cc2)C1=O. The zero-order chi connectivity index (χ0) is 25.7. The zero-order valence-electron chi connectivity index (χ0n) is 20.7. The van der Waals surface area contributed by atoms with Gasteiger partial charge in [-0.3, -0.25) is 9.69 Å². The van der Waals surface area contributed by atoms with E-state index in [1.807, 2.05) is 63.2 Å². The van der Waals surface area contributed by atoms with E-state index in [9.17, 15) is 9.59 Å². The average Bonchev–Trinajstić information content (AvgIpc) is 2.85. The third kappa shape index (κ3) is 5.74. The van der Waals surface area contributed by atoms with Crippen molar-refractivity contribution in [2.75, 3.05) is 30.0 Å². The molecule has 188 valence electrons. The van der Waals surface area contributed by atoms with Gasteiger partial charge in [0.2, 0.25) is 5.91 Å². The van der Waals surface area contributed by atoms with Gasteiger partial charge in [-0.15, -0.1) is 0 Å². The van der Waals surface area contributed by atoms with Crippen LogP contribution in [0.1, 0.15) is 30.5 Å². The van der Waals surface area contributed by atoms with Crippen molar-refractivity contribution >= 4 is 34.9 Å². The van der Waals surface area contributed by atoms with Crippen LogP contribution in [0, 0.1) is 6.92 Å². The van der Waals surface area contributed by atoms with E-state index in [-0.39, 0.29) is 25.0 Å². The van der Waals surface area contributed by atoms with E-state index < -0.39 is 0 Å². The van der Waals surface area contributed by atoms with Crippen LogP contribution in [0.15, 0.2) is 60.7 Å². The van der Waals surface area contributed by atoms with Crippen molar-refractivity contribution in [1.29, 1.82) is 0 Å². The summed E-state index contributed by atoms with van der Waals surface area (Å²) >= 11 is 6.26. The second-order valence-corrected chi connectivity index (χ2v) is 8.96. The maximum absolute atomic E-state index is 13.6. The van der Waals surface area contributed by atoms with Gasteiger partial charge in [-0.1, -0.05) is 47.5 Å². The van der Waals surface area contributed by atoms with Gasteiger partial charge < -0.3 is 19.7 Å². The number of aryl methyl sites for hydroxylation is 1. The number of halogens is 1. The lowest BCUT2D eigenvalue weighted by Crippen LogP contribution is -2.49. The quantitative estimate of drug-likeness (QED) is 0.384. The van der Waals surface area contributed by atoms with Crippen LogP contribution in [0.3, 0.4) is 0 Å². The number of fused-ring (bicyclic) bond motifs is 1. The predicted molar refractivity (Wildman–Crippen MR) is 142 cm³/mol. The van der Waals surface area contributed by atoms with Gasteiger partial charge in [-0.05, 0) is 62.2 Å². The summed E-state index contributed by atoms with van der Waals surface area (Å²) in [5.74, 6) is 0.678. The molecule has 7 nitrogen and oxygen atoms in total. The molecule has 0 unspecified atom stereocenters. The highest BCUT2D eigenvalue weighted by Gasteiger charge is 2.32. The first-order valence-electron chi connectivity index (χ1n) is 12.0. The number of anilines is 2. The van der Waals surface area contributed by atoms with Gasteiger partial charge in [0.05, 0.1) is 32.0 Å². The Bertz CT molecular complexity index is 1220. The van der Waals surface area contributed by atoms with Crippen LogP contribution in [0.2, 0.25) is 5.02 Å². The minimum absolute atomic E-state index is 0.138. The summed E-state index contributed by atoms with van der Waals surface area (Å²) in [6.45, 7) is 7.16. The summed E-state index contributed by atoms with van der Waals surface area (Å²) in [6, 6.07) is 18.6. The van der Waals surface area contributed by atoms with Gasteiger partial charge in [0.25, 0.3) is 0 Å². The third-order valence-electron chi connectivity index (χ3n) is 5.84. The van der Waals surface area contributed by atoms with Gasteiger partial charge in [-0.2, -0.15) is 0 Å². The molecule has 3 aromatic carbocycles. The minimum Gasteiger partial charge on any atom is -0.492 e. The minimum atomic E-state index is -0.350. The molecule has 8 heteroatoms. The Morgan fingerprint density at radius 2 is 1.67 bits per heavy atom. The Hall–Kier alpha value is -3.71. The molecule has 0 saturated heterocycles. The Kier molecular flexibility index (Phi) is 8.00. The summed E-state index contributed by atoms with van der Waals surface area (Å²) < 4.78 is 11.4. The molecule has 1 aliphatic rings.